The number of carbonyl (C=O) groups is 1. The Balaban J connectivity index is 1.61. The Morgan fingerprint density at radius 2 is 2.12 bits per heavy atom. The number of H-pyrrole nitrogens is 1. The van der Waals surface area contributed by atoms with Crippen LogP contribution in [0.1, 0.15) is 48.3 Å². The summed E-state index contributed by atoms with van der Waals surface area (Å²) in [6.07, 6.45) is 6.41. The second kappa shape index (κ2) is 6.39. The van der Waals surface area contributed by atoms with E-state index < -0.39 is 0 Å². The Morgan fingerprint density at radius 3 is 2.96 bits per heavy atom. The zero-order valence-electron chi connectivity index (χ0n) is 14.8. The smallest absolute Gasteiger partial charge is 0.256 e. The highest BCUT2D eigenvalue weighted by Gasteiger charge is 2.17. The molecule has 0 spiro atoms. The molecule has 1 amide bonds. The summed E-state index contributed by atoms with van der Waals surface area (Å²) in [5.74, 6) is 1.13. The molecule has 1 aliphatic rings. The van der Waals surface area contributed by atoms with Crippen molar-refractivity contribution in [2.75, 3.05) is 5.32 Å². The molecule has 130 valence electrons. The van der Waals surface area contributed by atoms with Gasteiger partial charge in [-0.1, -0.05) is 13.8 Å². The fourth-order valence-electron chi connectivity index (χ4n) is 3.67. The van der Waals surface area contributed by atoms with Gasteiger partial charge >= 0.3 is 0 Å². The van der Waals surface area contributed by atoms with Crippen LogP contribution in [0, 0.1) is 5.92 Å². The standard InChI is InChI=1S/C20H24N4O/c1-13(2)12-24-19(9-10-21-24)23-20(25)14-7-8-18-16(11-14)15-5-3-4-6-17(15)22-18/h7-11,13,22H,3-6,12H2,1-2H3,(H,23,25). The fraction of sp³-hybridized carbons (Fsp3) is 0.400. The molecule has 0 fully saturated rings. The molecule has 25 heavy (non-hydrogen) atoms. The summed E-state index contributed by atoms with van der Waals surface area (Å²) in [5, 5.41) is 8.49. The number of anilines is 1. The van der Waals surface area contributed by atoms with Crippen molar-refractivity contribution in [3.63, 3.8) is 0 Å². The number of nitrogens with zero attached hydrogens (tertiary/aromatic N) is 2. The number of hydrogen-bond acceptors (Lipinski definition) is 2. The minimum absolute atomic E-state index is 0.0850. The molecule has 2 heterocycles. The van der Waals surface area contributed by atoms with E-state index in [2.05, 4.69) is 29.2 Å². The van der Waals surface area contributed by atoms with Crippen molar-refractivity contribution in [3.05, 3.63) is 47.3 Å². The highest BCUT2D eigenvalue weighted by Crippen LogP contribution is 2.29. The average molecular weight is 336 g/mol. The molecule has 0 bridgehead atoms. The van der Waals surface area contributed by atoms with Crippen molar-refractivity contribution in [2.45, 2.75) is 46.1 Å². The van der Waals surface area contributed by atoms with E-state index in [1.54, 1.807) is 6.20 Å². The zero-order valence-corrected chi connectivity index (χ0v) is 14.8. The Bertz CT molecular complexity index is 919. The normalized spacial score (nSPS) is 14.0. The van der Waals surface area contributed by atoms with Crippen LogP contribution in [0.15, 0.2) is 30.5 Å². The van der Waals surface area contributed by atoms with Crippen LogP contribution in [0.25, 0.3) is 10.9 Å². The van der Waals surface area contributed by atoms with Crippen molar-refractivity contribution in [1.29, 1.82) is 0 Å². The topological polar surface area (TPSA) is 62.7 Å². The molecule has 3 aromatic rings. The van der Waals surface area contributed by atoms with Crippen molar-refractivity contribution in [2.24, 2.45) is 5.92 Å². The Labute approximate surface area is 147 Å². The van der Waals surface area contributed by atoms with Gasteiger partial charge in [-0.3, -0.25) is 4.79 Å². The fourth-order valence-corrected chi connectivity index (χ4v) is 3.67. The molecule has 2 N–H and O–H groups in total. The summed E-state index contributed by atoms with van der Waals surface area (Å²) >= 11 is 0. The van der Waals surface area contributed by atoms with Gasteiger partial charge in [-0.2, -0.15) is 5.10 Å². The minimum atomic E-state index is -0.0850. The summed E-state index contributed by atoms with van der Waals surface area (Å²) in [7, 11) is 0. The molecule has 5 heteroatoms. The van der Waals surface area contributed by atoms with Gasteiger partial charge in [0.1, 0.15) is 5.82 Å². The van der Waals surface area contributed by atoms with Crippen molar-refractivity contribution < 1.29 is 4.79 Å². The molecule has 0 saturated carbocycles. The van der Waals surface area contributed by atoms with Gasteiger partial charge in [0.05, 0.1) is 6.20 Å². The molecule has 4 rings (SSSR count). The second-order valence-electron chi connectivity index (χ2n) is 7.30. The number of rotatable bonds is 4. The lowest BCUT2D eigenvalue weighted by molar-refractivity contribution is 0.102. The van der Waals surface area contributed by atoms with E-state index in [0.717, 1.165) is 30.7 Å². The lowest BCUT2D eigenvalue weighted by Crippen LogP contribution is -2.17. The van der Waals surface area contributed by atoms with Gasteiger partial charge in [-0.05, 0) is 55.4 Å². The number of amides is 1. The molecule has 2 aromatic heterocycles. The number of aromatic nitrogens is 3. The van der Waals surface area contributed by atoms with Gasteiger partial charge in [-0.25, -0.2) is 4.68 Å². The molecular weight excluding hydrogens is 312 g/mol. The highest BCUT2D eigenvalue weighted by atomic mass is 16.1. The quantitative estimate of drug-likeness (QED) is 0.752. The van der Waals surface area contributed by atoms with Gasteiger partial charge in [0.25, 0.3) is 5.91 Å². The van der Waals surface area contributed by atoms with Gasteiger partial charge in [0, 0.05) is 34.8 Å². The maximum Gasteiger partial charge on any atom is 0.256 e. The lowest BCUT2D eigenvalue weighted by atomic mass is 9.95. The number of aryl methyl sites for hydroxylation is 2. The summed E-state index contributed by atoms with van der Waals surface area (Å²) in [5.41, 5.74) is 4.56. The third kappa shape index (κ3) is 3.06. The molecule has 1 aromatic carbocycles. The molecular formula is C20H24N4O. The Hall–Kier alpha value is -2.56. The first-order chi connectivity index (χ1) is 12.1. The van der Waals surface area contributed by atoms with Crippen LogP contribution in [0.4, 0.5) is 5.82 Å². The van der Waals surface area contributed by atoms with E-state index in [-0.39, 0.29) is 5.91 Å². The maximum atomic E-state index is 12.7. The van der Waals surface area contributed by atoms with E-state index in [4.69, 9.17) is 0 Å². The summed E-state index contributed by atoms with van der Waals surface area (Å²) < 4.78 is 1.85. The van der Waals surface area contributed by atoms with Crippen LogP contribution < -0.4 is 5.32 Å². The summed E-state index contributed by atoms with van der Waals surface area (Å²) in [6.45, 7) is 5.06. The molecule has 5 nitrogen and oxygen atoms in total. The maximum absolute atomic E-state index is 12.7. The number of hydrogen-bond donors (Lipinski definition) is 2. The number of benzene rings is 1. The van der Waals surface area contributed by atoms with E-state index in [1.165, 1.54) is 29.5 Å². The van der Waals surface area contributed by atoms with Gasteiger partial charge < -0.3 is 10.3 Å². The number of fused-ring (bicyclic) bond motifs is 3. The minimum Gasteiger partial charge on any atom is -0.358 e. The average Bonchev–Trinajstić information content (AvgIpc) is 3.18. The molecule has 0 atom stereocenters. The third-order valence-corrected chi connectivity index (χ3v) is 4.86. The number of carbonyl (C=O) groups excluding carboxylic acids is 1. The zero-order chi connectivity index (χ0) is 17.4. The van der Waals surface area contributed by atoms with Crippen LogP contribution in [-0.4, -0.2) is 20.7 Å². The summed E-state index contributed by atoms with van der Waals surface area (Å²) in [6, 6.07) is 7.78. The van der Waals surface area contributed by atoms with Crippen molar-refractivity contribution in [3.8, 4) is 0 Å². The van der Waals surface area contributed by atoms with Crippen LogP contribution >= 0.6 is 0 Å². The van der Waals surface area contributed by atoms with Gasteiger partial charge in [0.2, 0.25) is 0 Å². The first-order valence-electron chi connectivity index (χ1n) is 9.08. The Kier molecular flexibility index (Phi) is 4.07. The first kappa shape index (κ1) is 15.9. The molecule has 1 aliphatic carbocycles. The number of aromatic amines is 1. The second-order valence-corrected chi connectivity index (χ2v) is 7.30. The van der Waals surface area contributed by atoms with E-state index in [1.807, 2.05) is 28.9 Å². The van der Waals surface area contributed by atoms with Crippen LogP contribution in [0.3, 0.4) is 0 Å². The highest BCUT2D eigenvalue weighted by molar-refractivity contribution is 6.06. The first-order valence-corrected chi connectivity index (χ1v) is 9.08. The van der Waals surface area contributed by atoms with E-state index >= 15 is 0 Å². The predicted molar refractivity (Wildman–Crippen MR) is 100.0 cm³/mol. The van der Waals surface area contributed by atoms with Crippen LogP contribution in [0.5, 0.6) is 0 Å². The predicted octanol–water partition coefficient (Wildman–Crippen LogP) is 4.15. The van der Waals surface area contributed by atoms with Gasteiger partial charge in [0.15, 0.2) is 0 Å². The molecule has 0 radical (unpaired) electrons. The Morgan fingerprint density at radius 1 is 1.28 bits per heavy atom. The van der Waals surface area contributed by atoms with Crippen molar-refractivity contribution >= 4 is 22.6 Å². The third-order valence-electron chi connectivity index (χ3n) is 4.86. The number of nitrogens with one attached hydrogen (secondary N) is 2. The molecule has 0 aliphatic heterocycles. The van der Waals surface area contributed by atoms with Crippen LogP contribution in [-0.2, 0) is 19.4 Å². The van der Waals surface area contributed by atoms with Gasteiger partial charge in [-0.15, -0.1) is 0 Å². The SMILES string of the molecule is CC(C)Cn1nccc1NC(=O)c1ccc2[nH]c3c(c2c1)CCCC3. The summed E-state index contributed by atoms with van der Waals surface area (Å²) in [4.78, 5) is 16.2. The monoisotopic (exact) mass is 336 g/mol. The van der Waals surface area contributed by atoms with E-state index in [9.17, 15) is 4.79 Å². The molecule has 0 saturated heterocycles. The van der Waals surface area contributed by atoms with Crippen molar-refractivity contribution in [1.82, 2.24) is 14.8 Å². The lowest BCUT2D eigenvalue weighted by Gasteiger charge is -2.12. The largest absolute Gasteiger partial charge is 0.358 e. The molecule has 0 unspecified atom stereocenters. The van der Waals surface area contributed by atoms with Crippen LogP contribution in [0.2, 0.25) is 0 Å². The van der Waals surface area contributed by atoms with E-state index in [0.29, 0.717) is 11.5 Å².